The van der Waals surface area contributed by atoms with Gasteiger partial charge in [-0.25, -0.2) is 4.39 Å². The molecule has 0 atom stereocenters. The molecule has 4 nitrogen and oxygen atoms in total. The molecule has 0 fully saturated rings. The van der Waals surface area contributed by atoms with Crippen LogP contribution in [0.25, 0.3) is 0 Å². The Morgan fingerprint density at radius 2 is 2.15 bits per heavy atom. The number of aliphatic hydroxyl groups is 1. The first kappa shape index (κ1) is 16.6. The molecular weight excluding hydrogens is 259 g/mol. The maximum atomic E-state index is 13.0. The Labute approximate surface area is 119 Å². The molecule has 0 unspecified atom stereocenters. The third-order valence-electron chi connectivity index (χ3n) is 3.01. The highest BCUT2D eigenvalue weighted by atomic mass is 19.1. The van der Waals surface area contributed by atoms with Crippen molar-refractivity contribution in [1.82, 2.24) is 4.90 Å². The number of hydrogen-bond acceptors (Lipinski definition) is 3. The van der Waals surface area contributed by atoms with E-state index in [2.05, 4.69) is 17.1 Å². The lowest BCUT2D eigenvalue weighted by Gasteiger charge is -2.20. The van der Waals surface area contributed by atoms with Gasteiger partial charge in [-0.1, -0.05) is 19.4 Å². The maximum absolute atomic E-state index is 13.0. The fourth-order valence-electron chi connectivity index (χ4n) is 1.91. The summed E-state index contributed by atoms with van der Waals surface area (Å²) in [6.45, 7) is 4.25. The van der Waals surface area contributed by atoms with Gasteiger partial charge in [-0.3, -0.25) is 4.79 Å². The molecule has 0 spiro atoms. The van der Waals surface area contributed by atoms with Gasteiger partial charge in [-0.05, 0) is 31.2 Å². The van der Waals surface area contributed by atoms with Gasteiger partial charge in [0.2, 0.25) is 5.91 Å². The zero-order chi connectivity index (χ0) is 14.8. The summed E-state index contributed by atoms with van der Waals surface area (Å²) in [5.74, 6) is -0.511. The highest BCUT2D eigenvalue weighted by molar-refractivity contribution is 5.90. The number of carbonyl (C=O) groups excluding carboxylic acids is 1. The highest BCUT2D eigenvalue weighted by Gasteiger charge is 2.08. The van der Waals surface area contributed by atoms with Crippen LogP contribution in [-0.4, -0.2) is 42.2 Å². The number of amides is 1. The smallest absolute Gasteiger partial charge is 0.225 e. The molecule has 5 heteroatoms. The van der Waals surface area contributed by atoms with Gasteiger partial charge in [0.15, 0.2) is 0 Å². The SMILES string of the molecule is CCCCN(CCO)CCC(=O)Nc1cccc(F)c1. The number of carbonyl (C=O) groups is 1. The van der Waals surface area contributed by atoms with Gasteiger partial charge in [0.25, 0.3) is 0 Å². The Hall–Kier alpha value is -1.46. The van der Waals surface area contributed by atoms with Gasteiger partial charge in [0, 0.05) is 25.2 Å². The number of nitrogens with zero attached hydrogens (tertiary/aromatic N) is 1. The summed E-state index contributed by atoms with van der Waals surface area (Å²) in [6, 6.07) is 5.84. The second-order valence-electron chi connectivity index (χ2n) is 4.73. The van der Waals surface area contributed by atoms with Gasteiger partial charge in [0.05, 0.1) is 6.61 Å². The van der Waals surface area contributed by atoms with Crippen molar-refractivity contribution in [3.63, 3.8) is 0 Å². The summed E-state index contributed by atoms with van der Waals surface area (Å²) in [6.07, 6.45) is 2.46. The normalized spacial score (nSPS) is 10.8. The molecule has 0 aromatic heterocycles. The molecule has 2 N–H and O–H groups in total. The number of anilines is 1. The number of benzene rings is 1. The first-order chi connectivity index (χ1) is 9.65. The van der Waals surface area contributed by atoms with E-state index in [1.807, 2.05) is 0 Å². The van der Waals surface area contributed by atoms with E-state index in [-0.39, 0.29) is 18.3 Å². The molecular formula is C15H23FN2O2. The maximum Gasteiger partial charge on any atom is 0.225 e. The Morgan fingerprint density at radius 3 is 2.80 bits per heavy atom. The van der Waals surface area contributed by atoms with Crippen molar-refractivity contribution in [1.29, 1.82) is 0 Å². The summed E-state index contributed by atoms with van der Waals surface area (Å²) in [7, 11) is 0. The summed E-state index contributed by atoms with van der Waals surface area (Å²) in [5, 5.41) is 11.7. The van der Waals surface area contributed by atoms with Crippen LogP contribution < -0.4 is 5.32 Å². The van der Waals surface area contributed by atoms with E-state index in [9.17, 15) is 9.18 Å². The zero-order valence-corrected chi connectivity index (χ0v) is 11.9. The molecule has 0 saturated carbocycles. The van der Waals surface area contributed by atoms with E-state index in [0.29, 0.717) is 25.2 Å². The van der Waals surface area contributed by atoms with Crippen molar-refractivity contribution in [3.8, 4) is 0 Å². The molecule has 0 saturated heterocycles. The van der Waals surface area contributed by atoms with Crippen LogP contribution in [0.1, 0.15) is 26.2 Å². The molecule has 0 aliphatic rings. The average molecular weight is 282 g/mol. The number of hydrogen-bond donors (Lipinski definition) is 2. The summed E-state index contributed by atoms with van der Waals surface area (Å²) in [5.41, 5.74) is 0.470. The Bertz CT molecular complexity index is 413. The lowest BCUT2D eigenvalue weighted by atomic mass is 10.2. The fourth-order valence-corrected chi connectivity index (χ4v) is 1.91. The van der Waals surface area contributed by atoms with Crippen molar-refractivity contribution in [2.24, 2.45) is 0 Å². The summed E-state index contributed by atoms with van der Waals surface area (Å²) in [4.78, 5) is 13.8. The van der Waals surface area contributed by atoms with Crippen LogP contribution in [0.2, 0.25) is 0 Å². The predicted molar refractivity (Wildman–Crippen MR) is 78.1 cm³/mol. The van der Waals surface area contributed by atoms with Crippen molar-refractivity contribution in [3.05, 3.63) is 30.1 Å². The Balaban J connectivity index is 2.37. The van der Waals surface area contributed by atoms with Crippen molar-refractivity contribution < 1.29 is 14.3 Å². The Morgan fingerprint density at radius 1 is 1.35 bits per heavy atom. The van der Waals surface area contributed by atoms with Gasteiger partial charge in [0.1, 0.15) is 5.82 Å². The van der Waals surface area contributed by atoms with Crippen LogP contribution >= 0.6 is 0 Å². The lowest BCUT2D eigenvalue weighted by molar-refractivity contribution is -0.116. The monoisotopic (exact) mass is 282 g/mol. The van der Waals surface area contributed by atoms with E-state index in [1.165, 1.54) is 12.1 Å². The molecule has 0 aliphatic carbocycles. The number of rotatable bonds is 9. The topological polar surface area (TPSA) is 52.6 Å². The molecule has 1 amide bonds. The first-order valence-corrected chi connectivity index (χ1v) is 7.04. The van der Waals surface area contributed by atoms with E-state index in [1.54, 1.807) is 12.1 Å². The second kappa shape index (κ2) is 9.44. The highest BCUT2D eigenvalue weighted by Crippen LogP contribution is 2.09. The minimum absolute atomic E-state index is 0.0925. The van der Waals surface area contributed by atoms with Crippen LogP contribution in [0, 0.1) is 5.82 Å². The predicted octanol–water partition coefficient (Wildman–Crippen LogP) is 2.25. The molecule has 1 rings (SSSR count). The molecule has 1 aromatic carbocycles. The van der Waals surface area contributed by atoms with Crippen LogP contribution in [0.5, 0.6) is 0 Å². The lowest BCUT2D eigenvalue weighted by Crippen LogP contribution is -2.31. The van der Waals surface area contributed by atoms with E-state index in [4.69, 9.17) is 5.11 Å². The van der Waals surface area contributed by atoms with Crippen LogP contribution in [-0.2, 0) is 4.79 Å². The Kier molecular flexibility index (Phi) is 7.84. The van der Waals surface area contributed by atoms with Crippen LogP contribution in [0.3, 0.4) is 0 Å². The van der Waals surface area contributed by atoms with Crippen molar-refractivity contribution >= 4 is 11.6 Å². The average Bonchev–Trinajstić information content (AvgIpc) is 2.42. The van der Waals surface area contributed by atoms with Crippen molar-refractivity contribution in [2.75, 3.05) is 31.6 Å². The number of unbranched alkanes of at least 4 members (excludes halogenated alkanes) is 1. The molecule has 0 aliphatic heterocycles. The molecule has 0 radical (unpaired) electrons. The minimum Gasteiger partial charge on any atom is -0.395 e. The molecule has 1 aromatic rings. The quantitative estimate of drug-likeness (QED) is 0.730. The van der Waals surface area contributed by atoms with Gasteiger partial charge < -0.3 is 15.3 Å². The van der Waals surface area contributed by atoms with Crippen molar-refractivity contribution in [2.45, 2.75) is 26.2 Å². The standard InChI is InChI=1S/C15H23FN2O2/c1-2-3-8-18(10-11-19)9-7-15(20)17-14-6-4-5-13(16)12-14/h4-6,12,19H,2-3,7-11H2,1H3,(H,17,20). The molecule has 112 valence electrons. The van der Waals surface area contributed by atoms with Gasteiger partial charge in [-0.2, -0.15) is 0 Å². The number of nitrogens with one attached hydrogen (secondary N) is 1. The van der Waals surface area contributed by atoms with Gasteiger partial charge >= 0.3 is 0 Å². The van der Waals surface area contributed by atoms with Crippen LogP contribution in [0.15, 0.2) is 24.3 Å². The third kappa shape index (κ3) is 6.63. The zero-order valence-electron chi connectivity index (χ0n) is 11.9. The van der Waals surface area contributed by atoms with Gasteiger partial charge in [-0.15, -0.1) is 0 Å². The van der Waals surface area contributed by atoms with E-state index in [0.717, 1.165) is 19.4 Å². The third-order valence-corrected chi connectivity index (χ3v) is 3.01. The largest absolute Gasteiger partial charge is 0.395 e. The van der Waals surface area contributed by atoms with E-state index < -0.39 is 0 Å². The second-order valence-corrected chi connectivity index (χ2v) is 4.73. The van der Waals surface area contributed by atoms with E-state index >= 15 is 0 Å². The fraction of sp³-hybridized carbons (Fsp3) is 0.533. The molecule has 0 bridgehead atoms. The molecule has 20 heavy (non-hydrogen) atoms. The summed E-state index contributed by atoms with van der Waals surface area (Å²) < 4.78 is 13.0. The summed E-state index contributed by atoms with van der Waals surface area (Å²) >= 11 is 0. The number of halogens is 1. The number of aliphatic hydroxyl groups excluding tert-OH is 1. The first-order valence-electron chi connectivity index (χ1n) is 7.04. The molecule has 0 heterocycles. The van der Waals surface area contributed by atoms with Crippen LogP contribution in [0.4, 0.5) is 10.1 Å². The minimum atomic E-state index is -0.368.